The first kappa shape index (κ1) is 59.8. The van der Waals surface area contributed by atoms with Crippen molar-refractivity contribution in [2.24, 2.45) is 0 Å². The van der Waals surface area contributed by atoms with Gasteiger partial charge in [0.25, 0.3) is 0 Å². The molecule has 0 N–H and O–H groups in total. The van der Waals surface area contributed by atoms with Crippen molar-refractivity contribution < 1.29 is 0 Å². The number of benzene rings is 7. The first-order valence-corrected chi connectivity index (χ1v) is 23.3. The van der Waals surface area contributed by atoms with Crippen molar-refractivity contribution in [3.8, 4) is 96.7 Å². The van der Waals surface area contributed by atoms with Crippen LogP contribution in [0, 0.1) is 96.7 Å². The Morgan fingerprint density at radius 2 is 0.632 bits per heavy atom. The molecule has 0 saturated heterocycles. The van der Waals surface area contributed by atoms with Crippen LogP contribution in [-0.2, 0) is 0 Å². The fraction of sp³-hybridized carbons (Fsp3) is 0.235. The Bertz CT molecular complexity index is 2990. The standard InChI is InChI=1S/3C15H10.C11H8.4C3H8/c1-3-7-13-11-15-9-6-5-8-14(15)10-12(13)4-2;1-3-7-12-10-11-13-8-5-6-9-15(13)14(12)4-2;1-3-7-14-12(4-2)10-11-13-8-5-6-9-15(13)14;1-3-7-11-9-6-5-8-10(11)4-2;4*1-3-2/h3*2,5-6,8-11H,1H3;2,5-6,8-9H,1H3;4*3H2,1-2H3. The van der Waals surface area contributed by atoms with E-state index in [-0.39, 0.29) is 0 Å². The summed E-state index contributed by atoms with van der Waals surface area (Å²) >= 11 is 0. The third kappa shape index (κ3) is 21.2. The van der Waals surface area contributed by atoms with Gasteiger partial charge in [0.15, 0.2) is 0 Å². The highest BCUT2D eigenvalue weighted by molar-refractivity contribution is 5.91. The van der Waals surface area contributed by atoms with Gasteiger partial charge in [0, 0.05) is 44.5 Å². The molecule has 0 atom stereocenters. The van der Waals surface area contributed by atoms with Crippen molar-refractivity contribution >= 4 is 32.3 Å². The number of hydrogen-bond donors (Lipinski definition) is 0. The van der Waals surface area contributed by atoms with Gasteiger partial charge < -0.3 is 0 Å². The van der Waals surface area contributed by atoms with Crippen LogP contribution in [0.3, 0.4) is 0 Å². The fourth-order valence-corrected chi connectivity index (χ4v) is 5.77. The van der Waals surface area contributed by atoms with Crippen LogP contribution in [0.2, 0.25) is 0 Å². The molecule has 68 heavy (non-hydrogen) atoms. The van der Waals surface area contributed by atoms with Gasteiger partial charge in [0.1, 0.15) is 0 Å². The maximum Gasteiger partial charge on any atom is 0.0480 e. The van der Waals surface area contributed by atoms with Crippen molar-refractivity contribution in [3.63, 3.8) is 0 Å². The molecular formula is C68H70. The topological polar surface area (TPSA) is 0 Å². The quantitative estimate of drug-likeness (QED) is 0.133. The van der Waals surface area contributed by atoms with Crippen molar-refractivity contribution in [2.45, 2.75) is 109 Å². The molecule has 0 nitrogen and oxygen atoms in total. The zero-order valence-electron chi connectivity index (χ0n) is 42.8. The lowest BCUT2D eigenvalue weighted by molar-refractivity contribution is 1.09. The zero-order valence-corrected chi connectivity index (χ0v) is 42.8. The number of hydrogen-bond acceptors (Lipinski definition) is 0. The summed E-state index contributed by atoms with van der Waals surface area (Å²) < 4.78 is 0. The minimum absolute atomic E-state index is 0.863. The Morgan fingerprint density at radius 3 is 1.06 bits per heavy atom. The third-order valence-electron chi connectivity index (χ3n) is 8.31. The van der Waals surface area contributed by atoms with Crippen LogP contribution >= 0.6 is 0 Å². The van der Waals surface area contributed by atoms with Crippen LogP contribution in [0.1, 0.15) is 153 Å². The highest BCUT2D eigenvalue weighted by atomic mass is 14.1. The summed E-state index contributed by atoms with van der Waals surface area (Å²) in [5, 5.41) is 6.89. The van der Waals surface area contributed by atoms with Gasteiger partial charge in [0.2, 0.25) is 0 Å². The normalized spacial score (nSPS) is 8.29. The van der Waals surface area contributed by atoms with Crippen molar-refractivity contribution in [1.82, 2.24) is 0 Å². The fourth-order valence-electron chi connectivity index (χ4n) is 5.77. The van der Waals surface area contributed by atoms with Crippen LogP contribution in [0.4, 0.5) is 0 Å². The summed E-state index contributed by atoms with van der Waals surface area (Å²) in [5.41, 5.74) is 7.23. The van der Waals surface area contributed by atoms with Gasteiger partial charge in [-0.15, -0.1) is 49.4 Å². The molecule has 0 heteroatoms. The summed E-state index contributed by atoms with van der Waals surface area (Å²) in [6, 6.07) is 44.1. The van der Waals surface area contributed by atoms with Crippen molar-refractivity contribution in [2.75, 3.05) is 0 Å². The van der Waals surface area contributed by atoms with E-state index < -0.39 is 0 Å². The van der Waals surface area contributed by atoms with Gasteiger partial charge >= 0.3 is 0 Å². The molecule has 0 heterocycles. The van der Waals surface area contributed by atoms with Gasteiger partial charge in [-0.05, 0) is 96.4 Å². The van der Waals surface area contributed by atoms with Crippen molar-refractivity contribution in [3.05, 3.63) is 178 Å². The first-order valence-electron chi connectivity index (χ1n) is 23.3. The van der Waals surface area contributed by atoms with E-state index >= 15 is 0 Å². The molecule has 0 spiro atoms. The second-order valence-corrected chi connectivity index (χ2v) is 14.6. The van der Waals surface area contributed by atoms with E-state index in [0.29, 0.717) is 0 Å². The summed E-state index contributed by atoms with van der Waals surface area (Å²) in [6.07, 6.45) is 26.7. The smallest absolute Gasteiger partial charge is 0.0480 e. The summed E-state index contributed by atoms with van der Waals surface area (Å²) in [4.78, 5) is 0. The molecule has 7 aromatic carbocycles. The van der Waals surface area contributed by atoms with E-state index in [0.717, 1.165) is 66.1 Å². The van der Waals surface area contributed by atoms with Gasteiger partial charge in [-0.25, -0.2) is 0 Å². The largest absolute Gasteiger partial charge is 0.115 e. The molecular weight excluding hydrogens is 817 g/mol. The number of rotatable bonds is 0. The lowest BCUT2D eigenvalue weighted by atomic mass is 10.00. The maximum absolute atomic E-state index is 5.53. The SMILES string of the molecule is C#Cc1c(C#CC)ccc2ccccc12.C#Cc1cc2ccccc2cc1C#CC.C#Cc1ccc2ccccc2c1C#CC.C#Cc1ccccc1C#CC.CCC.CCC.CCC.CCC. The average molecular weight is 887 g/mol. The minimum atomic E-state index is 0.863. The summed E-state index contributed by atoms with van der Waals surface area (Å²) in [5.74, 6) is 34.2. The molecule has 7 rings (SSSR count). The molecule has 0 aromatic heterocycles. The Balaban J connectivity index is 0.000000819. The lowest BCUT2D eigenvalue weighted by Crippen LogP contribution is -1.85. The first-order chi connectivity index (χ1) is 33.1. The predicted octanol–water partition coefficient (Wildman–Crippen LogP) is 17.3. The molecule has 0 amide bonds. The van der Waals surface area contributed by atoms with Crippen LogP contribution < -0.4 is 0 Å². The third-order valence-corrected chi connectivity index (χ3v) is 8.31. The Labute approximate surface area is 413 Å². The predicted molar refractivity (Wildman–Crippen MR) is 304 cm³/mol. The van der Waals surface area contributed by atoms with E-state index in [4.69, 9.17) is 25.7 Å². The number of fused-ring (bicyclic) bond motifs is 3. The molecule has 0 bridgehead atoms. The summed E-state index contributed by atoms with van der Waals surface area (Å²) in [7, 11) is 0. The molecule has 7 aromatic rings. The lowest BCUT2D eigenvalue weighted by Gasteiger charge is -2.03. The number of terminal acetylenes is 4. The molecule has 0 aliphatic carbocycles. The van der Waals surface area contributed by atoms with Crippen LogP contribution in [0.25, 0.3) is 32.3 Å². The molecule has 0 aliphatic heterocycles. The second kappa shape index (κ2) is 38.1. The average Bonchev–Trinajstić information content (AvgIpc) is 3.36. The van der Waals surface area contributed by atoms with Crippen LogP contribution in [0.15, 0.2) is 133 Å². The Kier molecular flexibility index (Phi) is 33.5. The maximum atomic E-state index is 5.53. The molecule has 0 fully saturated rings. The monoisotopic (exact) mass is 887 g/mol. The van der Waals surface area contributed by atoms with E-state index in [1.807, 2.05) is 118 Å². The van der Waals surface area contributed by atoms with E-state index in [1.165, 1.54) is 36.5 Å². The second-order valence-electron chi connectivity index (χ2n) is 14.6. The van der Waals surface area contributed by atoms with Crippen LogP contribution in [0.5, 0.6) is 0 Å². The van der Waals surface area contributed by atoms with Gasteiger partial charge in [0.05, 0.1) is 0 Å². The van der Waals surface area contributed by atoms with Crippen LogP contribution in [-0.4, -0.2) is 0 Å². The molecule has 342 valence electrons. The Hall–Kier alpha value is -8.20. The molecule has 0 radical (unpaired) electrons. The minimum Gasteiger partial charge on any atom is -0.115 e. The zero-order chi connectivity index (χ0) is 51.0. The van der Waals surface area contributed by atoms with Gasteiger partial charge in [-0.3, -0.25) is 0 Å². The highest BCUT2D eigenvalue weighted by Crippen LogP contribution is 2.23. The van der Waals surface area contributed by atoms with Gasteiger partial charge in [-0.2, -0.15) is 0 Å². The van der Waals surface area contributed by atoms with E-state index in [1.54, 1.807) is 6.92 Å². The van der Waals surface area contributed by atoms with Gasteiger partial charge in [-0.1, -0.05) is 225 Å². The molecule has 0 saturated carbocycles. The highest BCUT2D eigenvalue weighted by Gasteiger charge is 2.04. The van der Waals surface area contributed by atoms with E-state index in [2.05, 4.69) is 163 Å². The molecule has 0 unspecified atom stereocenters. The van der Waals surface area contributed by atoms with Crippen molar-refractivity contribution in [1.29, 1.82) is 0 Å². The summed E-state index contributed by atoms with van der Waals surface area (Å²) in [6.45, 7) is 24.3. The van der Waals surface area contributed by atoms with E-state index in [9.17, 15) is 0 Å². The Morgan fingerprint density at radius 1 is 0.294 bits per heavy atom. The molecule has 0 aliphatic rings.